The third-order valence-corrected chi connectivity index (χ3v) is 6.99. The highest BCUT2D eigenvalue weighted by molar-refractivity contribution is 5.93. The number of aliphatic hydroxyl groups is 1. The molecule has 2 aromatic carbocycles. The maximum Gasteiger partial charge on any atom is 0.255 e. The topological polar surface area (TPSA) is 56.7 Å². The van der Waals surface area contributed by atoms with E-state index in [1.165, 1.54) is 5.56 Å². The predicted octanol–water partition coefficient (Wildman–Crippen LogP) is 3.55. The second-order valence-electron chi connectivity index (χ2n) is 9.02. The fourth-order valence-electron chi connectivity index (χ4n) is 5.25. The number of hydrogen-bond acceptors (Lipinski definition) is 4. The summed E-state index contributed by atoms with van der Waals surface area (Å²) < 4.78 is 0. The van der Waals surface area contributed by atoms with Crippen molar-refractivity contribution in [2.75, 3.05) is 26.2 Å². The second kappa shape index (κ2) is 10.2. The van der Waals surface area contributed by atoms with Gasteiger partial charge in [-0.05, 0) is 61.3 Å². The molecule has 0 radical (unpaired) electrons. The van der Waals surface area contributed by atoms with Crippen molar-refractivity contribution in [3.8, 4) is 11.8 Å². The van der Waals surface area contributed by atoms with Gasteiger partial charge < -0.3 is 10.0 Å². The average Bonchev–Trinajstić information content (AvgIpc) is 2.88. The van der Waals surface area contributed by atoms with Gasteiger partial charge in [0.2, 0.25) is 0 Å². The normalized spacial score (nSPS) is 22.4. The molecule has 5 rings (SSSR count). The van der Waals surface area contributed by atoms with E-state index in [0.717, 1.165) is 37.1 Å². The van der Waals surface area contributed by atoms with Crippen LogP contribution in [0.5, 0.6) is 0 Å². The van der Waals surface area contributed by atoms with Crippen LogP contribution in [0.3, 0.4) is 0 Å². The predicted molar refractivity (Wildman–Crippen MR) is 132 cm³/mol. The maximum absolute atomic E-state index is 13.2. The molecule has 0 saturated carbocycles. The van der Waals surface area contributed by atoms with Crippen LogP contribution in [0.4, 0.5) is 0 Å². The molecule has 5 nitrogen and oxygen atoms in total. The number of benzene rings is 2. The molecule has 1 amide bonds. The number of nitrogens with zero attached hydrogens (tertiary/aromatic N) is 3. The first kappa shape index (κ1) is 22.3. The van der Waals surface area contributed by atoms with E-state index in [1.54, 1.807) is 18.5 Å². The van der Waals surface area contributed by atoms with Gasteiger partial charge in [0.05, 0.1) is 12.2 Å². The van der Waals surface area contributed by atoms with Crippen LogP contribution < -0.4 is 0 Å². The summed E-state index contributed by atoms with van der Waals surface area (Å²) in [5, 5.41) is 10.2. The van der Waals surface area contributed by atoms with Crippen LogP contribution in [-0.4, -0.2) is 64.1 Å². The lowest BCUT2D eigenvalue weighted by molar-refractivity contribution is -0.0606. The van der Waals surface area contributed by atoms with Gasteiger partial charge in [0.1, 0.15) is 0 Å². The molecule has 3 aromatic rings. The largest absolute Gasteiger partial charge is 0.395 e. The fraction of sp³-hybridized carbons (Fsp3) is 0.310. The SMILES string of the molecule is O=C(c1cccnc1)N1CCCCN2[C@H](CO)[C@H](c3ccc(C#Cc4ccccc4)cc3)[C@@H]2C1. The number of amides is 1. The lowest BCUT2D eigenvalue weighted by Crippen LogP contribution is -2.67. The van der Waals surface area contributed by atoms with Crippen LogP contribution in [0.2, 0.25) is 0 Å². The molecule has 0 unspecified atom stereocenters. The first-order valence-corrected chi connectivity index (χ1v) is 12.0. The Hall–Kier alpha value is -3.46. The quantitative estimate of drug-likeness (QED) is 0.619. The van der Waals surface area contributed by atoms with Crippen molar-refractivity contribution >= 4 is 5.91 Å². The number of fused-ring (bicyclic) bond motifs is 1. The standard InChI is InChI=1S/C29H29N3O2/c33-21-27-28(24-14-12-23(13-15-24)11-10-22-7-2-1-3-8-22)26-20-31(17-4-5-18-32(26)27)29(34)25-9-6-16-30-19-25/h1-3,6-9,12-16,19,26-28,33H,4-5,17-18,20-21H2/t26-,27+,28+/m0/s1. The first-order chi connectivity index (χ1) is 16.7. The molecule has 5 heteroatoms. The zero-order valence-electron chi connectivity index (χ0n) is 19.2. The number of aliphatic hydroxyl groups excluding tert-OH is 1. The van der Waals surface area contributed by atoms with Gasteiger partial charge >= 0.3 is 0 Å². The highest BCUT2D eigenvalue weighted by Crippen LogP contribution is 2.42. The molecule has 3 heterocycles. The highest BCUT2D eigenvalue weighted by atomic mass is 16.3. The molecule has 2 fully saturated rings. The van der Waals surface area contributed by atoms with Crippen molar-refractivity contribution in [3.63, 3.8) is 0 Å². The number of pyridine rings is 1. The molecule has 0 spiro atoms. The zero-order chi connectivity index (χ0) is 23.3. The van der Waals surface area contributed by atoms with E-state index in [0.29, 0.717) is 12.1 Å². The van der Waals surface area contributed by atoms with E-state index in [4.69, 9.17) is 0 Å². The molecule has 2 aliphatic heterocycles. The summed E-state index contributed by atoms with van der Waals surface area (Å²) in [5.41, 5.74) is 3.79. The summed E-state index contributed by atoms with van der Waals surface area (Å²) in [6.45, 7) is 2.49. The third-order valence-electron chi connectivity index (χ3n) is 6.99. The summed E-state index contributed by atoms with van der Waals surface area (Å²) in [6, 6.07) is 22.3. The van der Waals surface area contributed by atoms with E-state index < -0.39 is 0 Å². The minimum Gasteiger partial charge on any atom is -0.395 e. The molecule has 0 aliphatic carbocycles. The summed E-state index contributed by atoms with van der Waals surface area (Å²) >= 11 is 0. The average molecular weight is 452 g/mol. The summed E-state index contributed by atoms with van der Waals surface area (Å²) in [6.07, 6.45) is 5.31. The first-order valence-electron chi connectivity index (χ1n) is 12.0. The summed E-state index contributed by atoms with van der Waals surface area (Å²) in [5.74, 6) is 6.66. The van der Waals surface area contributed by atoms with Gasteiger partial charge in [-0.2, -0.15) is 0 Å². The summed E-state index contributed by atoms with van der Waals surface area (Å²) in [7, 11) is 0. The van der Waals surface area contributed by atoms with E-state index in [2.05, 4.69) is 46.0 Å². The van der Waals surface area contributed by atoms with Gasteiger partial charge in [-0.25, -0.2) is 0 Å². The number of rotatable bonds is 3. The van der Waals surface area contributed by atoms with Crippen LogP contribution >= 0.6 is 0 Å². The summed E-state index contributed by atoms with van der Waals surface area (Å²) in [4.78, 5) is 21.6. The van der Waals surface area contributed by atoms with Gasteiger partial charge in [-0.1, -0.05) is 42.2 Å². The lowest BCUT2D eigenvalue weighted by atomic mass is 9.74. The highest BCUT2D eigenvalue weighted by Gasteiger charge is 2.49. The van der Waals surface area contributed by atoms with Crippen LogP contribution in [0.25, 0.3) is 0 Å². The zero-order valence-corrected chi connectivity index (χ0v) is 19.2. The molecular formula is C29H29N3O2. The fourth-order valence-corrected chi connectivity index (χ4v) is 5.25. The molecule has 172 valence electrons. The third kappa shape index (κ3) is 4.61. The molecule has 0 bridgehead atoms. The molecule has 2 saturated heterocycles. The Morgan fingerprint density at radius 1 is 0.941 bits per heavy atom. The monoisotopic (exact) mass is 451 g/mol. The Labute approximate surface area is 201 Å². The van der Waals surface area contributed by atoms with E-state index in [9.17, 15) is 9.90 Å². The van der Waals surface area contributed by atoms with Crippen molar-refractivity contribution in [2.45, 2.75) is 30.8 Å². The second-order valence-corrected chi connectivity index (χ2v) is 9.02. The molecule has 2 aliphatic rings. The van der Waals surface area contributed by atoms with E-state index in [-0.39, 0.29) is 30.5 Å². The van der Waals surface area contributed by atoms with Gasteiger partial charge in [0, 0.05) is 54.6 Å². The number of aromatic nitrogens is 1. The Morgan fingerprint density at radius 2 is 1.68 bits per heavy atom. The molecular weight excluding hydrogens is 422 g/mol. The van der Waals surface area contributed by atoms with Crippen LogP contribution in [-0.2, 0) is 0 Å². The van der Waals surface area contributed by atoms with Crippen molar-refractivity contribution in [2.24, 2.45) is 0 Å². The maximum atomic E-state index is 13.2. The van der Waals surface area contributed by atoms with Crippen molar-refractivity contribution < 1.29 is 9.90 Å². The van der Waals surface area contributed by atoms with E-state index >= 15 is 0 Å². The minimum absolute atomic E-state index is 0.0349. The molecule has 34 heavy (non-hydrogen) atoms. The van der Waals surface area contributed by atoms with Gasteiger partial charge in [-0.3, -0.25) is 14.7 Å². The lowest BCUT2D eigenvalue weighted by Gasteiger charge is -2.57. The Kier molecular flexibility index (Phi) is 6.71. The Morgan fingerprint density at radius 3 is 2.38 bits per heavy atom. The van der Waals surface area contributed by atoms with E-state index in [1.807, 2.05) is 41.3 Å². The molecule has 1 aromatic heterocycles. The number of carbonyl (C=O) groups is 1. The number of hydrogen-bond donors (Lipinski definition) is 1. The Bertz CT molecular complexity index is 1170. The van der Waals surface area contributed by atoms with Crippen LogP contribution in [0.1, 0.15) is 45.8 Å². The Balaban J connectivity index is 1.35. The van der Waals surface area contributed by atoms with Crippen molar-refractivity contribution in [1.82, 2.24) is 14.8 Å². The van der Waals surface area contributed by atoms with Gasteiger partial charge in [0.15, 0.2) is 0 Å². The van der Waals surface area contributed by atoms with Crippen molar-refractivity contribution in [1.29, 1.82) is 0 Å². The van der Waals surface area contributed by atoms with Crippen LogP contribution in [0.15, 0.2) is 79.1 Å². The molecule has 1 N–H and O–H groups in total. The van der Waals surface area contributed by atoms with Crippen molar-refractivity contribution in [3.05, 3.63) is 101 Å². The van der Waals surface area contributed by atoms with Gasteiger partial charge in [0.25, 0.3) is 5.91 Å². The van der Waals surface area contributed by atoms with Crippen LogP contribution in [0, 0.1) is 11.8 Å². The number of carbonyl (C=O) groups excluding carboxylic acids is 1. The van der Waals surface area contributed by atoms with Gasteiger partial charge in [-0.15, -0.1) is 0 Å². The minimum atomic E-state index is 0.0349. The molecule has 3 atom stereocenters. The smallest absolute Gasteiger partial charge is 0.255 e.